The van der Waals surface area contributed by atoms with Crippen LogP contribution in [0, 0.1) is 0 Å². The third-order valence-electron chi connectivity index (χ3n) is 5.61. The number of benzene rings is 1. The van der Waals surface area contributed by atoms with Crippen LogP contribution in [0.5, 0.6) is 0 Å². The average molecular weight is 365 g/mol. The minimum absolute atomic E-state index is 0.149. The highest BCUT2D eigenvalue weighted by Gasteiger charge is 2.22. The fraction of sp³-hybridized carbons (Fsp3) is 0.409. The number of carbonyl (C=O) groups is 1. The Morgan fingerprint density at radius 1 is 1.30 bits per heavy atom. The molecule has 0 atom stereocenters. The predicted octanol–water partition coefficient (Wildman–Crippen LogP) is 4.99. The van der Waals surface area contributed by atoms with Crippen LogP contribution in [-0.2, 0) is 0 Å². The van der Waals surface area contributed by atoms with Crippen molar-refractivity contribution in [3.8, 4) is 0 Å². The summed E-state index contributed by atoms with van der Waals surface area (Å²) in [5, 5.41) is 4.18. The predicted molar refractivity (Wildman–Crippen MR) is 108 cm³/mol. The maximum absolute atomic E-state index is 12.3. The second kappa shape index (κ2) is 8.01. The lowest BCUT2D eigenvalue weighted by molar-refractivity contribution is 0.102. The van der Waals surface area contributed by atoms with Crippen LogP contribution < -0.4 is 5.32 Å². The van der Waals surface area contributed by atoms with Gasteiger partial charge in [0.2, 0.25) is 0 Å². The summed E-state index contributed by atoms with van der Waals surface area (Å²) in [6.07, 6.45) is 10.1. The number of anilines is 1. The average Bonchev–Trinajstić information content (AvgIpc) is 3.36. The van der Waals surface area contributed by atoms with Crippen molar-refractivity contribution in [2.75, 3.05) is 25.0 Å². The van der Waals surface area contributed by atoms with E-state index in [9.17, 15) is 4.79 Å². The van der Waals surface area contributed by atoms with Crippen LogP contribution >= 0.6 is 0 Å². The topological polar surface area (TPSA) is 61.3 Å². The largest absolute Gasteiger partial charge is 0.472 e. The number of piperidine rings is 1. The number of amides is 1. The lowest BCUT2D eigenvalue weighted by atomic mass is 9.89. The molecule has 1 aromatic carbocycles. The van der Waals surface area contributed by atoms with Crippen molar-refractivity contribution in [1.82, 2.24) is 9.88 Å². The summed E-state index contributed by atoms with van der Waals surface area (Å²) in [4.78, 5) is 18.3. The molecule has 0 bridgehead atoms. The van der Waals surface area contributed by atoms with E-state index in [-0.39, 0.29) is 5.91 Å². The Balaban J connectivity index is 1.48. The molecule has 1 saturated heterocycles. The van der Waals surface area contributed by atoms with E-state index < -0.39 is 0 Å². The third-order valence-corrected chi connectivity index (χ3v) is 5.61. The number of rotatable bonds is 6. The summed E-state index contributed by atoms with van der Waals surface area (Å²) in [7, 11) is 0. The van der Waals surface area contributed by atoms with Gasteiger partial charge in [0, 0.05) is 22.8 Å². The first-order chi connectivity index (χ1) is 13.2. The fourth-order valence-corrected chi connectivity index (χ4v) is 4.00. The molecule has 5 nitrogen and oxygen atoms in total. The summed E-state index contributed by atoms with van der Waals surface area (Å²) in [6.45, 7) is 5.82. The first-order valence-electron chi connectivity index (χ1n) is 9.91. The first-order valence-corrected chi connectivity index (χ1v) is 9.91. The molecule has 2 aromatic heterocycles. The molecule has 27 heavy (non-hydrogen) atoms. The zero-order chi connectivity index (χ0) is 18.6. The number of aromatic amines is 1. The molecule has 5 heteroatoms. The van der Waals surface area contributed by atoms with Crippen LogP contribution in [0.1, 0.15) is 54.4 Å². The molecule has 0 aliphatic carbocycles. The van der Waals surface area contributed by atoms with E-state index in [1.54, 1.807) is 6.07 Å². The van der Waals surface area contributed by atoms with Gasteiger partial charge < -0.3 is 19.6 Å². The van der Waals surface area contributed by atoms with Gasteiger partial charge in [-0.1, -0.05) is 13.3 Å². The molecule has 0 saturated carbocycles. The number of likely N-dealkylation sites (tertiary alicyclic amines) is 1. The Morgan fingerprint density at radius 2 is 2.15 bits per heavy atom. The molecule has 142 valence electrons. The molecule has 0 unspecified atom stereocenters. The number of aromatic nitrogens is 1. The molecule has 1 aliphatic heterocycles. The van der Waals surface area contributed by atoms with E-state index in [0.717, 1.165) is 11.2 Å². The van der Waals surface area contributed by atoms with Gasteiger partial charge in [-0.2, -0.15) is 0 Å². The number of hydrogen-bond acceptors (Lipinski definition) is 3. The van der Waals surface area contributed by atoms with Crippen LogP contribution in [0.3, 0.4) is 0 Å². The van der Waals surface area contributed by atoms with Crippen molar-refractivity contribution in [3.05, 3.63) is 54.1 Å². The Bertz CT molecular complexity index is 890. The summed E-state index contributed by atoms with van der Waals surface area (Å²) >= 11 is 0. The molecule has 1 amide bonds. The molecule has 3 aromatic rings. The van der Waals surface area contributed by atoms with Gasteiger partial charge in [0.1, 0.15) is 6.26 Å². The van der Waals surface area contributed by atoms with Crippen LogP contribution in [0.2, 0.25) is 0 Å². The molecule has 4 rings (SSSR count). The summed E-state index contributed by atoms with van der Waals surface area (Å²) in [6, 6.07) is 7.73. The number of furan rings is 1. The minimum Gasteiger partial charge on any atom is -0.472 e. The Morgan fingerprint density at radius 3 is 2.89 bits per heavy atom. The van der Waals surface area contributed by atoms with E-state index in [1.165, 1.54) is 68.8 Å². The van der Waals surface area contributed by atoms with Crippen molar-refractivity contribution >= 4 is 22.5 Å². The minimum atomic E-state index is -0.149. The fourth-order valence-electron chi connectivity index (χ4n) is 4.00. The van der Waals surface area contributed by atoms with E-state index in [4.69, 9.17) is 4.42 Å². The number of fused-ring (bicyclic) bond motifs is 1. The maximum Gasteiger partial charge on any atom is 0.258 e. The molecule has 1 fully saturated rings. The molecule has 0 radical (unpaired) electrons. The summed E-state index contributed by atoms with van der Waals surface area (Å²) < 4.78 is 4.99. The smallest absolute Gasteiger partial charge is 0.258 e. The highest BCUT2D eigenvalue weighted by Crippen LogP contribution is 2.34. The molecule has 3 heterocycles. The van der Waals surface area contributed by atoms with Crippen LogP contribution in [0.25, 0.3) is 10.9 Å². The number of nitrogens with zero attached hydrogens (tertiary/aromatic N) is 1. The molecule has 0 spiro atoms. The van der Waals surface area contributed by atoms with Crippen LogP contribution in [-0.4, -0.2) is 35.4 Å². The zero-order valence-electron chi connectivity index (χ0n) is 15.8. The maximum atomic E-state index is 12.3. The van der Waals surface area contributed by atoms with Gasteiger partial charge >= 0.3 is 0 Å². The van der Waals surface area contributed by atoms with E-state index >= 15 is 0 Å². The summed E-state index contributed by atoms with van der Waals surface area (Å²) in [5.74, 6) is 0.431. The second-order valence-electron chi connectivity index (χ2n) is 7.44. The molecular weight excluding hydrogens is 338 g/mol. The van der Waals surface area contributed by atoms with Crippen LogP contribution in [0.4, 0.5) is 5.69 Å². The number of hydrogen-bond donors (Lipinski definition) is 2. The highest BCUT2D eigenvalue weighted by molar-refractivity contribution is 6.05. The van der Waals surface area contributed by atoms with Crippen molar-refractivity contribution < 1.29 is 9.21 Å². The van der Waals surface area contributed by atoms with Gasteiger partial charge in [-0.3, -0.25) is 4.79 Å². The highest BCUT2D eigenvalue weighted by atomic mass is 16.3. The van der Waals surface area contributed by atoms with Gasteiger partial charge in [-0.05, 0) is 74.6 Å². The quantitative estimate of drug-likeness (QED) is 0.647. The lowest BCUT2D eigenvalue weighted by Gasteiger charge is -2.31. The van der Waals surface area contributed by atoms with Crippen molar-refractivity contribution in [3.63, 3.8) is 0 Å². The monoisotopic (exact) mass is 365 g/mol. The van der Waals surface area contributed by atoms with E-state index in [1.807, 2.05) is 12.1 Å². The van der Waals surface area contributed by atoms with Gasteiger partial charge in [0.25, 0.3) is 5.91 Å². The van der Waals surface area contributed by atoms with E-state index in [2.05, 4.69) is 34.4 Å². The lowest BCUT2D eigenvalue weighted by Crippen LogP contribution is -2.33. The first kappa shape index (κ1) is 17.9. The van der Waals surface area contributed by atoms with Gasteiger partial charge in [-0.15, -0.1) is 0 Å². The van der Waals surface area contributed by atoms with Gasteiger partial charge in [0.05, 0.1) is 11.8 Å². The van der Waals surface area contributed by atoms with Crippen molar-refractivity contribution in [1.29, 1.82) is 0 Å². The standard InChI is InChI=1S/C22H27N3O2/c1-2-3-9-25-10-6-16(7-11-25)20-14-23-21-5-4-18(13-19(20)21)24-22(26)17-8-12-27-15-17/h4-5,8,12-16,23H,2-3,6-7,9-11H2,1H3,(H,24,26). The second-order valence-corrected chi connectivity index (χ2v) is 7.44. The molecular formula is C22H27N3O2. The Kier molecular flexibility index (Phi) is 5.30. The molecule has 2 N–H and O–H groups in total. The van der Waals surface area contributed by atoms with Crippen molar-refractivity contribution in [2.24, 2.45) is 0 Å². The zero-order valence-corrected chi connectivity index (χ0v) is 15.8. The Hall–Kier alpha value is -2.53. The normalized spacial score (nSPS) is 16.0. The number of H-pyrrole nitrogens is 1. The van der Waals surface area contributed by atoms with Gasteiger partial charge in [0.15, 0.2) is 0 Å². The van der Waals surface area contributed by atoms with E-state index in [0.29, 0.717) is 11.5 Å². The van der Waals surface area contributed by atoms with Crippen LogP contribution in [0.15, 0.2) is 47.4 Å². The summed E-state index contributed by atoms with van der Waals surface area (Å²) in [5.41, 5.74) is 3.85. The van der Waals surface area contributed by atoms with Gasteiger partial charge in [-0.25, -0.2) is 0 Å². The Labute approximate surface area is 159 Å². The molecule has 1 aliphatic rings. The SMILES string of the molecule is CCCCN1CCC(c2c[nH]c3ccc(NC(=O)c4ccoc4)cc23)CC1. The van der Waals surface area contributed by atoms with Crippen molar-refractivity contribution in [2.45, 2.75) is 38.5 Å². The number of unbranched alkanes of at least 4 members (excludes halogenated alkanes) is 1. The number of nitrogens with one attached hydrogen (secondary N) is 2. The third kappa shape index (κ3) is 3.93. The number of carbonyl (C=O) groups excluding carboxylic acids is 1.